The Bertz CT molecular complexity index is 112. The molecule has 2 nitrogen and oxygen atoms in total. The van der Waals surface area contributed by atoms with Gasteiger partial charge in [0.1, 0.15) is 0 Å². The van der Waals surface area contributed by atoms with E-state index in [4.69, 9.17) is 5.73 Å². The first-order valence-corrected chi connectivity index (χ1v) is 4.77. The van der Waals surface area contributed by atoms with Crippen LogP contribution in [0.15, 0.2) is 12.7 Å². The summed E-state index contributed by atoms with van der Waals surface area (Å²) in [5.74, 6) is 0.704. The minimum absolute atomic E-state index is 0.704. The maximum atomic E-state index is 5.48. The van der Waals surface area contributed by atoms with Gasteiger partial charge in [-0.05, 0) is 25.4 Å². The third-order valence-electron chi connectivity index (χ3n) is 2.06. The Morgan fingerprint density at radius 1 is 1.58 bits per heavy atom. The lowest BCUT2D eigenvalue weighted by Crippen LogP contribution is -2.29. The molecule has 0 bridgehead atoms. The van der Waals surface area contributed by atoms with E-state index < -0.39 is 0 Å². The highest BCUT2D eigenvalue weighted by atomic mass is 15.1. The minimum Gasteiger partial charge on any atom is -0.330 e. The Kier molecular flexibility index (Phi) is 7.11. The summed E-state index contributed by atoms with van der Waals surface area (Å²) >= 11 is 0. The van der Waals surface area contributed by atoms with Crippen LogP contribution < -0.4 is 5.73 Å². The molecule has 0 aromatic rings. The van der Waals surface area contributed by atoms with E-state index in [1.165, 1.54) is 0 Å². The van der Waals surface area contributed by atoms with Crippen LogP contribution in [0.25, 0.3) is 0 Å². The number of rotatable bonds is 7. The molecule has 0 spiro atoms. The minimum atomic E-state index is 0.704. The Morgan fingerprint density at radius 3 is 2.67 bits per heavy atom. The van der Waals surface area contributed by atoms with Crippen molar-refractivity contribution in [2.24, 2.45) is 11.7 Å². The van der Waals surface area contributed by atoms with Crippen LogP contribution in [-0.2, 0) is 0 Å². The molecule has 0 rings (SSSR count). The lowest BCUT2D eigenvalue weighted by Gasteiger charge is -2.22. The van der Waals surface area contributed by atoms with Gasteiger partial charge in [-0.25, -0.2) is 0 Å². The van der Waals surface area contributed by atoms with Crippen molar-refractivity contribution in [1.82, 2.24) is 4.90 Å². The zero-order valence-electron chi connectivity index (χ0n) is 8.42. The average molecular weight is 170 g/mol. The molecule has 0 radical (unpaired) electrons. The molecule has 72 valence electrons. The number of nitrogens with two attached hydrogens (primary N) is 1. The zero-order chi connectivity index (χ0) is 9.40. The third-order valence-corrected chi connectivity index (χ3v) is 2.06. The molecule has 0 aliphatic rings. The van der Waals surface area contributed by atoms with E-state index in [9.17, 15) is 0 Å². The van der Waals surface area contributed by atoms with Crippen LogP contribution >= 0.6 is 0 Å². The third kappa shape index (κ3) is 5.33. The molecule has 0 aromatic heterocycles. The van der Waals surface area contributed by atoms with Crippen molar-refractivity contribution in [2.45, 2.75) is 20.3 Å². The van der Waals surface area contributed by atoms with E-state index in [1.807, 2.05) is 6.08 Å². The highest BCUT2D eigenvalue weighted by Crippen LogP contribution is 2.03. The second-order valence-electron chi connectivity index (χ2n) is 3.32. The zero-order valence-corrected chi connectivity index (χ0v) is 8.42. The van der Waals surface area contributed by atoms with Crippen LogP contribution in [-0.4, -0.2) is 31.1 Å². The largest absolute Gasteiger partial charge is 0.330 e. The molecule has 2 N–H and O–H groups in total. The quantitative estimate of drug-likeness (QED) is 0.586. The molecule has 1 atom stereocenters. The molecule has 0 amide bonds. The molecule has 0 aliphatic carbocycles. The monoisotopic (exact) mass is 170 g/mol. The summed E-state index contributed by atoms with van der Waals surface area (Å²) in [5.41, 5.74) is 5.48. The van der Waals surface area contributed by atoms with E-state index >= 15 is 0 Å². The Labute approximate surface area is 76.4 Å². The van der Waals surface area contributed by atoms with Gasteiger partial charge in [-0.3, -0.25) is 4.90 Å². The molecule has 1 unspecified atom stereocenters. The maximum Gasteiger partial charge on any atom is 0.0160 e. The van der Waals surface area contributed by atoms with Gasteiger partial charge in [0.25, 0.3) is 0 Å². The predicted molar refractivity (Wildman–Crippen MR) is 55.1 cm³/mol. The van der Waals surface area contributed by atoms with Crippen molar-refractivity contribution in [1.29, 1.82) is 0 Å². The second kappa shape index (κ2) is 7.32. The number of hydrogen-bond acceptors (Lipinski definition) is 2. The summed E-state index contributed by atoms with van der Waals surface area (Å²) < 4.78 is 0. The van der Waals surface area contributed by atoms with Crippen LogP contribution in [0.5, 0.6) is 0 Å². The molecular weight excluding hydrogens is 148 g/mol. The topological polar surface area (TPSA) is 29.3 Å². The van der Waals surface area contributed by atoms with E-state index in [0.29, 0.717) is 5.92 Å². The molecule has 2 heteroatoms. The Morgan fingerprint density at radius 2 is 2.25 bits per heavy atom. The van der Waals surface area contributed by atoms with E-state index in [2.05, 4.69) is 25.3 Å². The summed E-state index contributed by atoms with van der Waals surface area (Å²) in [6.07, 6.45) is 3.08. The first-order chi connectivity index (χ1) is 5.74. The van der Waals surface area contributed by atoms with Crippen LogP contribution in [0.3, 0.4) is 0 Å². The average Bonchev–Trinajstić information content (AvgIpc) is 2.04. The van der Waals surface area contributed by atoms with Gasteiger partial charge in [-0.2, -0.15) is 0 Å². The normalized spacial score (nSPS) is 13.3. The summed E-state index contributed by atoms with van der Waals surface area (Å²) in [7, 11) is 0. The second-order valence-corrected chi connectivity index (χ2v) is 3.32. The van der Waals surface area contributed by atoms with E-state index in [1.54, 1.807) is 0 Å². The Balaban J connectivity index is 3.60. The molecule has 0 aliphatic heterocycles. The predicted octanol–water partition coefficient (Wildman–Crippen LogP) is 1.48. The number of likely N-dealkylation sites (N-methyl/N-ethyl adjacent to an activating group) is 1. The van der Waals surface area contributed by atoms with Crippen molar-refractivity contribution < 1.29 is 0 Å². The number of nitrogens with zero attached hydrogens (tertiary/aromatic N) is 1. The van der Waals surface area contributed by atoms with Crippen LogP contribution in [0.2, 0.25) is 0 Å². The van der Waals surface area contributed by atoms with Crippen molar-refractivity contribution in [3.8, 4) is 0 Å². The fraction of sp³-hybridized carbons (Fsp3) is 0.800. The van der Waals surface area contributed by atoms with Gasteiger partial charge < -0.3 is 5.73 Å². The standard InChI is InChI=1S/C10H22N2/c1-4-8-12(5-2)9-10(3)6-7-11/h4,10H,1,5-9,11H2,2-3H3. The summed E-state index contributed by atoms with van der Waals surface area (Å²) in [5, 5.41) is 0. The number of hydrogen-bond donors (Lipinski definition) is 1. The first kappa shape index (κ1) is 11.7. The fourth-order valence-electron chi connectivity index (χ4n) is 1.33. The lowest BCUT2D eigenvalue weighted by molar-refractivity contribution is 0.267. The van der Waals surface area contributed by atoms with Gasteiger partial charge in [0.2, 0.25) is 0 Å². The van der Waals surface area contributed by atoms with Crippen molar-refractivity contribution in [3.05, 3.63) is 12.7 Å². The molecule has 0 fully saturated rings. The SMILES string of the molecule is C=CCN(CC)CC(C)CCN. The molecule has 0 aromatic carbocycles. The summed E-state index contributed by atoms with van der Waals surface area (Å²) in [6.45, 7) is 12.2. The van der Waals surface area contributed by atoms with Gasteiger partial charge in [-0.15, -0.1) is 6.58 Å². The van der Waals surface area contributed by atoms with Crippen molar-refractivity contribution in [2.75, 3.05) is 26.2 Å². The van der Waals surface area contributed by atoms with Gasteiger partial charge in [0.15, 0.2) is 0 Å². The molecule has 0 heterocycles. The van der Waals surface area contributed by atoms with Crippen LogP contribution in [0.4, 0.5) is 0 Å². The van der Waals surface area contributed by atoms with Crippen LogP contribution in [0.1, 0.15) is 20.3 Å². The fourth-order valence-corrected chi connectivity index (χ4v) is 1.33. The van der Waals surface area contributed by atoms with Crippen molar-refractivity contribution in [3.63, 3.8) is 0 Å². The van der Waals surface area contributed by atoms with E-state index in [-0.39, 0.29) is 0 Å². The van der Waals surface area contributed by atoms with Gasteiger partial charge >= 0.3 is 0 Å². The highest BCUT2D eigenvalue weighted by Gasteiger charge is 2.05. The Hall–Kier alpha value is -0.340. The van der Waals surface area contributed by atoms with Crippen LogP contribution in [0, 0.1) is 5.92 Å². The molecular formula is C10H22N2. The highest BCUT2D eigenvalue weighted by molar-refractivity contribution is 4.73. The van der Waals surface area contributed by atoms with Crippen molar-refractivity contribution >= 4 is 0 Å². The molecule has 0 saturated heterocycles. The van der Waals surface area contributed by atoms with Gasteiger partial charge in [-0.1, -0.05) is 19.9 Å². The lowest BCUT2D eigenvalue weighted by atomic mass is 10.1. The van der Waals surface area contributed by atoms with Gasteiger partial charge in [0, 0.05) is 13.1 Å². The molecule has 12 heavy (non-hydrogen) atoms. The maximum absolute atomic E-state index is 5.48. The smallest absolute Gasteiger partial charge is 0.0160 e. The summed E-state index contributed by atoms with van der Waals surface area (Å²) in [6, 6.07) is 0. The van der Waals surface area contributed by atoms with Gasteiger partial charge in [0.05, 0.1) is 0 Å². The molecule has 0 saturated carbocycles. The summed E-state index contributed by atoms with van der Waals surface area (Å²) in [4.78, 5) is 2.38. The van der Waals surface area contributed by atoms with E-state index in [0.717, 1.165) is 32.6 Å². The first-order valence-electron chi connectivity index (χ1n) is 4.77.